The summed E-state index contributed by atoms with van der Waals surface area (Å²) in [5, 5.41) is 3.24. The zero-order chi connectivity index (χ0) is 22.2. The number of H-pyrrole nitrogens is 1. The summed E-state index contributed by atoms with van der Waals surface area (Å²) in [4.78, 5) is 31.6. The fourth-order valence-corrected chi connectivity index (χ4v) is 5.65. The lowest BCUT2D eigenvalue weighted by Gasteiger charge is -2.31. The average Bonchev–Trinajstić information content (AvgIpc) is 2.74. The van der Waals surface area contributed by atoms with Crippen LogP contribution in [0.5, 0.6) is 0 Å². The normalized spacial score (nSPS) is 15.8. The summed E-state index contributed by atoms with van der Waals surface area (Å²) >= 11 is 0. The van der Waals surface area contributed by atoms with Gasteiger partial charge in [0.25, 0.3) is 5.56 Å². The topological polar surface area (TPSA) is 112 Å². The second kappa shape index (κ2) is 8.24. The molecule has 8 nitrogen and oxygen atoms in total. The number of nitrogens with zero attached hydrogens (tertiary/aromatic N) is 2. The maximum absolute atomic E-state index is 13.0. The van der Waals surface area contributed by atoms with Gasteiger partial charge in [-0.05, 0) is 56.5 Å². The Bertz CT molecular complexity index is 1310. The average molecular weight is 441 g/mol. The van der Waals surface area contributed by atoms with Crippen LogP contribution in [0.15, 0.2) is 52.4 Å². The van der Waals surface area contributed by atoms with E-state index >= 15 is 0 Å². The molecule has 1 amide bonds. The van der Waals surface area contributed by atoms with Crippen LogP contribution in [-0.4, -0.2) is 41.7 Å². The second-order valence-corrected chi connectivity index (χ2v) is 9.81. The van der Waals surface area contributed by atoms with E-state index in [9.17, 15) is 18.0 Å². The number of benzene rings is 2. The highest BCUT2D eigenvalue weighted by Crippen LogP contribution is 2.27. The van der Waals surface area contributed by atoms with Crippen LogP contribution in [0.25, 0.3) is 10.9 Å². The van der Waals surface area contributed by atoms with Crippen LogP contribution in [-0.2, 0) is 14.8 Å². The Balaban J connectivity index is 1.43. The Labute approximate surface area is 180 Å². The number of aromatic nitrogens is 2. The van der Waals surface area contributed by atoms with Crippen LogP contribution in [0.2, 0.25) is 0 Å². The Morgan fingerprint density at radius 3 is 2.58 bits per heavy atom. The van der Waals surface area contributed by atoms with Crippen LogP contribution in [0, 0.1) is 19.8 Å². The number of hydrogen-bond acceptors (Lipinski definition) is 5. The molecular weight excluding hydrogens is 416 g/mol. The predicted molar refractivity (Wildman–Crippen MR) is 118 cm³/mol. The van der Waals surface area contributed by atoms with Crippen molar-refractivity contribution in [3.05, 3.63) is 64.2 Å². The molecule has 2 N–H and O–H groups in total. The molecule has 0 spiro atoms. The van der Waals surface area contributed by atoms with Gasteiger partial charge in [0, 0.05) is 24.7 Å². The van der Waals surface area contributed by atoms with Gasteiger partial charge in [-0.2, -0.15) is 4.31 Å². The number of aromatic amines is 1. The fourth-order valence-electron chi connectivity index (χ4n) is 3.98. The van der Waals surface area contributed by atoms with E-state index in [1.165, 1.54) is 10.6 Å². The third kappa shape index (κ3) is 4.24. The van der Waals surface area contributed by atoms with Gasteiger partial charge in [0.1, 0.15) is 0 Å². The highest BCUT2D eigenvalue weighted by atomic mass is 32.2. The highest BCUT2D eigenvalue weighted by molar-refractivity contribution is 7.89. The van der Waals surface area contributed by atoms with E-state index in [1.807, 2.05) is 13.0 Å². The number of anilines is 1. The summed E-state index contributed by atoms with van der Waals surface area (Å²) in [5.41, 5.74) is 2.53. The molecule has 3 aromatic rings. The largest absolute Gasteiger partial charge is 0.326 e. The smallest absolute Gasteiger partial charge is 0.258 e. The van der Waals surface area contributed by atoms with Gasteiger partial charge in [0.05, 0.1) is 22.1 Å². The van der Waals surface area contributed by atoms with Gasteiger partial charge in [0.2, 0.25) is 15.9 Å². The van der Waals surface area contributed by atoms with Crippen molar-refractivity contribution < 1.29 is 13.2 Å². The number of fused-ring (bicyclic) bond motifs is 1. The minimum atomic E-state index is -3.59. The van der Waals surface area contributed by atoms with Crippen molar-refractivity contribution in [2.45, 2.75) is 31.6 Å². The number of amides is 1. The third-order valence-electron chi connectivity index (χ3n) is 5.68. The first-order chi connectivity index (χ1) is 14.8. The first-order valence-corrected chi connectivity index (χ1v) is 11.6. The van der Waals surface area contributed by atoms with Crippen LogP contribution in [0.3, 0.4) is 0 Å². The SMILES string of the molecule is Cc1ccc(S(=O)(=O)N2CCC(C(=O)Nc3ccc4nc[nH]c(=O)c4c3)CC2)c(C)c1. The highest BCUT2D eigenvalue weighted by Gasteiger charge is 2.32. The molecule has 0 saturated carbocycles. The molecule has 1 fully saturated rings. The summed E-state index contributed by atoms with van der Waals surface area (Å²) in [6.45, 7) is 4.30. The van der Waals surface area contributed by atoms with Crippen LogP contribution in [0.1, 0.15) is 24.0 Å². The molecule has 2 heterocycles. The van der Waals surface area contributed by atoms with E-state index < -0.39 is 10.0 Å². The lowest BCUT2D eigenvalue weighted by molar-refractivity contribution is -0.120. The summed E-state index contributed by atoms with van der Waals surface area (Å²) in [5.74, 6) is -0.475. The lowest BCUT2D eigenvalue weighted by Crippen LogP contribution is -2.41. The zero-order valence-corrected chi connectivity index (χ0v) is 18.2. The molecule has 1 aliphatic heterocycles. The first kappa shape index (κ1) is 21.2. The van der Waals surface area contributed by atoms with E-state index in [0.29, 0.717) is 34.3 Å². The standard InChI is InChI=1S/C22H24N4O4S/c1-14-3-6-20(15(2)11-14)31(29,30)26-9-7-16(8-10-26)21(27)25-17-4-5-19-18(12-17)22(28)24-13-23-19/h3-6,11-13,16H,7-10H2,1-2H3,(H,25,27)(H,23,24,28). The van der Waals surface area contributed by atoms with Crippen molar-refractivity contribution in [2.75, 3.05) is 18.4 Å². The van der Waals surface area contributed by atoms with Crippen molar-refractivity contribution in [1.29, 1.82) is 0 Å². The van der Waals surface area contributed by atoms with Crippen molar-refractivity contribution in [2.24, 2.45) is 5.92 Å². The predicted octanol–water partition coefficient (Wildman–Crippen LogP) is 2.58. The molecule has 162 valence electrons. The molecule has 0 unspecified atom stereocenters. The molecule has 0 radical (unpaired) electrons. The second-order valence-electron chi connectivity index (χ2n) is 7.90. The first-order valence-electron chi connectivity index (χ1n) is 10.1. The van der Waals surface area contributed by atoms with E-state index in [4.69, 9.17) is 0 Å². The molecule has 1 aromatic heterocycles. The number of piperidine rings is 1. The van der Waals surface area contributed by atoms with E-state index in [2.05, 4.69) is 15.3 Å². The minimum Gasteiger partial charge on any atom is -0.326 e. The van der Waals surface area contributed by atoms with Crippen molar-refractivity contribution in [3.63, 3.8) is 0 Å². The molecule has 1 saturated heterocycles. The summed E-state index contributed by atoms with van der Waals surface area (Å²) in [7, 11) is -3.59. The molecule has 31 heavy (non-hydrogen) atoms. The third-order valence-corrected chi connectivity index (χ3v) is 7.74. The monoisotopic (exact) mass is 440 g/mol. The van der Waals surface area contributed by atoms with E-state index in [0.717, 1.165) is 11.1 Å². The van der Waals surface area contributed by atoms with Gasteiger partial charge >= 0.3 is 0 Å². The number of rotatable bonds is 4. The lowest BCUT2D eigenvalue weighted by atomic mass is 9.97. The maximum atomic E-state index is 13.0. The summed E-state index contributed by atoms with van der Waals surface area (Å²) in [6, 6.07) is 10.3. The number of sulfonamides is 1. The Morgan fingerprint density at radius 1 is 1.13 bits per heavy atom. The molecule has 0 bridgehead atoms. The van der Waals surface area contributed by atoms with Gasteiger partial charge in [-0.3, -0.25) is 9.59 Å². The Morgan fingerprint density at radius 2 is 1.87 bits per heavy atom. The van der Waals surface area contributed by atoms with Crippen molar-refractivity contribution in [3.8, 4) is 0 Å². The van der Waals surface area contributed by atoms with Crippen LogP contribution >= 0.6 is 0 Å². The maximum Gasteiger partial charge on any atom is 0.258 e. The van der Waals surface area contributed by atoms with Crippen molar-refractivity contribution in [1.82, 2.24) is 14.3 Å². The molecule has 0 atom stereocenters. The Hall–Kier alpha value is -3.04. The van der Waals surface area contributed by atoms with Crippen LogP contribution in [0.4, 0.5) is 5.69 Å². The van der Waals surface area contributed by atoms with E-state index in [1.54, 1.807) is 37.3 Å². The van der Waals surface area contributed by atoms with Gasteiger partial charge in [-0.25, -0.2) is 13.4 Å². The van der Waals surface area contributed by atoms with Gasteiger partial charge in [-0.1, -0.05) is 17.7 Å². The fraction of sp³-hybridized carbons (Fsp3) is 0.318. The molecule has 4 rings (SSSR count). The van der Waals surface area contributed by atoms with E-state index in [-0.39, 0.29) is 30.5 Å². The minimum absolute atomic E-state index is 0.178. The number of carbonyl (C=O) groups is 1. The summed E-state index contributed by atoms with van der Waals surface area (Å²) in [6.07, 6.45) is 2.21. The van der Waals surface area contributed by atoms with Gasteiger partial charge < -0.3 is 10.3 Å². The number of nitrogens with one attached hydrogen (secondary N) is 2. The molecule has 0 aliphatic carbocycles. The number of aryl methyl sites for hydroxylation is 2. The molecule has 9 heteroatoms. The number of carbonyl (C=O) groups excluding carboxylic acids is 1. The number of hydrogen-bond donors (Lipinski definition) is 2. The molecular formula is C22H24N4O4S. The van der Waals surface area contributed by atoms with Crippen LogP contribution < -0.4 is 10.9 Å². The van der Waals surface area contributed by atoms with Crippen molar-refractivity contribution >= 4 is 32.5 Å². The summed E-state index contributed by atoms with van der Waals surface area (Å²) < 4.78 is 27.5. The zero-order valence-electron chi connectivity index (χ0n) is 17.4. The Kier molecular flexibility index (Phi) is 5.63. The molecule has 1 aliphatic rings. The van der Waals surface area contributed by atoms with Gasteiger partial charge in [-0.15, -0.1) is 0 Å². The quantitative estimate of drug-likeness (QED) is 0.648. The van der Waals surface area contributed by atoms with Gasteiger partial charge in [0.15, 0.2) is 0 Å². The molecule has 2 aromatic carbocycles.